The molecular weight excluding hydrogens is 338 g/mol. The minimum absolute atomic E-state index is 0.0505. The third-order valence-corrected chi connectivity index (χ3v) is 6.43. The van der Waals surface area contributed by atoms with Crippen LogP contribution in [0.15, 0.2) is 71.3 Å². The van der Waals surface area contributed by atoms with Gasteiger partial charge in [-0.05, 0) is 34.4 Å². The molecule has 4 aliphatic rings. The maximum atomic E-state index is 13.3. The van der Waals surface area contributed by atoms with Crippen LogP contribution in [0, 0.1) is 11.8 Å². The highest BCUT2D eigenvalue weighted by molar-refractivity contribution is 6.07. The number of hydrogen-bond acceptors (Lipinski definition) is 3. The first-order chi connectivity index (χ1) is 13.3. The normalized spacial score (nSPS) is 27.5. The predicted molar refractivity (Wildman–Crippen MR) is 97.8 cm³/mol. The van der Waals surface area contributed by atoms with Crippen molar-refractivity contribution >= 4 is 11.8 Å². The lowest BCUT2D eigenvalue weighted by Crippen LogP contribution is -2.41. The third kappa shape index (κ3) is 1.82. The molecule has 1 saturated heterocycles. The monoisotopic (exact) mass is 355 g/mol. The Balaban J connectivity index is 1.53. The second kappa shape index (κ2) is 5.19. The molecular formula is C23H17NO3. The molecule has 2 atom stereocenters. The summed E-state index contributed by atoms with van der Waals surface area (Å²) in [5.41, 5.74) is 4.79. The lowest BCUT2D eigenvalue weighted by atomic mass is 9.55. The minimum Gasteiger partial charge on any atom is -0.467 e. The molecule has 0 spiro atoms. The van der Waals surface area contributed by atoms with Gasteiger partial charge in [-0.3, -0.25) is 14.5 Å². The number of nitrogens with zero attached hydrogens (tertiary/aromatic N) is 1. The van der Waals surface area contributed by atoms with Gasteiger partial charge in [-0.1, -0.05) is 48.5 Å². The van der Waals surface area contributed by atoms with Crippen LogP contribution in [0.5, 0.6) is 0 Å². The Bertz CT molecular complexity index is 969. The number of rotatable bonds is 2. The Labute approximate surface area is 156 Å². The van der Waals surface area contributed by atoms with Gasteiger partial charge in [0.15, 0.2) is 0 Å². The van der Waals surface area contributed by atoms with Crippen molar-refractivity contribution in [2.75, 3.05) is 0 Å². The summed E-state index contributed by atoms with van der Waals surface area (Å²) >= 11 is 0. The maximum Gasteiger partial charge on any atom is 0.234 e. The molecule has 3 aromatic rings. The molecule has 3 aliphatic carbocycles. The van der Waals surface area contributed by atoms with E-state index in [1.807, 2.05) is 24.3 Å². The van der Waals surface area contributed by atoms with Gasteiger partial charge in [0.25, 0.3) is 0 Å². The van der Waals surface area contributed by atoms with Crippen molar-refractivity contribution in [3.63, 3.8) is 0 Å². The van der Waals surface area contributed by atoms with E-state index in [4.69, 9.17) is 4.42 Å². The van der Waals surface area contributed by atoms with Crippen molar-refractivity contribution in [2.45, 2.75) is 18.4 Å². The Hall–Kier alpha value is -3.14. The van der Waals surface area contributed by atoms with Crippen LogP contribution >= 0.6 is 0 Å². The molecule has 1 fully saturated rings. The van der Waals surface area contributed by atoms with Crippen LogP contribution < -0.4 is 0 Å². The van der Waals surface area contributed by atoms with Crippen molar-refractivity contribution in [3.8, 4) is 0 Å². The number of carbonyl (C=O) groups excluding carboxylic acids is 2. The molecule has 7 rings (SSSR count). The van der Waals surface area contributed by atoms with Crippen molar-refractivity contribution < 1.29 is 14.0 Å². The van der Waals surface area contributed by atoms with E-state index in [-0.39, 0.29) is 42.0 Å². The fraction of sp³-hybridized carbons (Fsp3) is 0.217. The van der Waals surface area contributed by atoms with E-state index in [0.717, 1.165) is 0 Å². The summed E-state index contributed by atoms with van der Waals surface area (Å²) in [6.45, 7) is 0.212. The van der Waals surface area contributed by atoms with Gasteiger partial charge in [0.05, 0.1) is 24.6 Å². The summed E-state index contributed by atoms with van der Waals surface area (Å²) in [6.07, 6.45) is 1.57. The lowest BCUT2D eigenvalue weighted by molar-refractivity contribution is -0.141. The Kier molecular flexibility index (Phi) is 2.88. The molecule has 2 unspecified atom stereocenters. The van der Waals surface area contributed by atoms with Crippen LogP contribution in [-0.2, 0) is 16.1 Å². The first-order valence-corrected chi connectivity index (χ1v) is 9.31. The number of amides is 2. The molecule has 1 aromatic heterocycles. The van der Waals surface area contributed by atoms with Crippen molar-refractivity contribution in [1.29, 1.82) is 0 Å². The zero-order valence-electron chi connectivity index (χ0n) is 14.5. The van der Waals surface area contributed by atoms with Gasteiger partial charge in [0.2, 0.25) is 11.8 Å². The number of carbonyl (C=O) groups is 2. The van der Waals surface area contributed by atoms with E-state index in [0.29, 0.717) is 5.76 Å². The van der Waals surface area contributed by atoms with Crippen molar-refractivity contribution in [2.24, 2.45) is 11.8 Å². The van der Waals surface area contributed by atoms with Crippen LogP contribution in [0.4, 0.5) is 0 Å². The van der Waals surface area contributed by atoms with Gasteiger partial charge in [0.1, 0.15) is 5.76 Å². The second-order valence-corrected chi connectivity index (χ2v) is 7.61. The molecule has 2 heterocycles. The summed E-state index contributed by atoms with van der Waals surface area (Å²) in [4.78, 5) is 28.1. The summed E-state index contributed by atoms with van der Waals surface area (Å²) < 4.78 is 5.39. The fourth-order valence-electron chi connectivity index (χ4n) is 5.45. The SMILES string of the molecule is O=C1C2C3c4ccccc4C(c4ccccc43)C2C(=O)N1Cc1ccco1. The molecule has 2 amide bonds. The molecule has 0 saturated carbocycles. The van der Waals surface area contributed by atoms with Crippen LogP contribution in [0.3, 0.4) is 0 Å². The molecule has 2 aromatic carbocycles. The van der Waals surface area contributed by atoms with E-state index < -0.39 is 0 Å². The van der Waals surface area contributed by atoms with Gasteiger partial charge in [-0.15, -0.1) is 0 Å². The summed E-state index contributed by atoms with van der Waals surface area (Å²) in [7, 11) is 0. The average Bonchev–Trinajstić information content (AvgIpc) is 3.31. The maximum absolute atomic E-state index is 13.3. The molecule has 1 aliphatic heterocycles. The summed E-state index contributed by atoms with van der Waals surface area (Å²) in [5, 5.41) is 0. The van der Waals surface area contributed by atoms with Crippen molar-refractivity contribution in [1.82, 2.24) is 4.90 Å². The van der Waals surface area contributed by atoms with Gasteiger partial charge in [0, 0.05) is 11.8 Å². The number of imide groups is 1. The van der Waals surface area contributed by atoms with Gasteiger partial charge in [-0.2, -0.15) is 0 Å². The largest absolute Gasteiger partial charge is 0.467 e. The summed E-state index contributed by atoms with van der Waals surface area (Å²) in [5.74, 6) is -0.237. The molecule has 4 heteroatoms. The van der Waals surface area contributed by atoms with E-state index in [2.05, 4.69) is 24.3 Å². The predicted octanol–water partition coefficient (Wildman–Crippen LogP) is 3.67. The van der Waals surface area contributed by atoms with E-state index in [1.165, 1.54) is 27.2 Å². The first kappa shape index (κ1) is 15.0. The second-order valence-electron chi connectivity index (χ2n) is 7.61. The molecule has 27 heavy (non-hydrogen) atoms. The fourth-order valence-corrected chi connectivity index (χ4v) is 5.45. The van der Waals surface area contributed by atoms with E-state index in [9.17, 15) is 9.59 Å². The first-order valence-electron chi connectivity index (χ1n) is 9.31. The van der Waals surface area contributed by atoms with Gasteiger partial charge >= 0.3 is 0 Å². The smallest absolute Gasteiger partial charge is 0.234 e. The number of furan rings is 1. The minimum atomic E-state index is -0.317. The quantitative estimate of drug-likeness (QED) is 0.659. The number of hydrogen-bond donors (Lipinski definition) is 0. The standard InChI is InChI=1S/C23H17NO3/c25-22-20-18-14-7-1-2-8-15(14)19(17-10-4-3-9-16(17)18)21(20)23(26)24(22)12-13-6-5-11-27-13/h1-11,18-21H,12H2. The Morgan fingerprint density at radius 1 is 0.704 bits per heavy atom. The highest BCUT2D eigenvalue weighted by Crippen LogP contribution is 2.61. The molecule has 2 bridgehead atoms. The molecule has 132 valence electrons. The number of likely N-dealkylation sites (tertiary alicyclic amines) is 1. The van der Waals surface area contributed by atoms with Crippen LogP contribution in [0.2, 0.25) is 0 Å². The Morgan fingerprint density at radius 2 is 1.19 bits per heavy atom. The van der Waals surface area contributed by atoms with Gasteiger partial charge < -0.3 is 4.42 Å². The van der Waals surface area contributed by atoms with Crippen molar-refractivity contribution in [3.05, 3.63) is 94.9 Å². The topological polar surface area (TPSA) is 50.5 Å². The molecule has 4 nitrogen and oxygen atoms in total. The number of benzene rings is 2. The Morgan fingerprint density at radius 3 is 1.59 bits per heavy atom. The van der Waals surface area contributed by atoms with E-state index >= 15 is 0 Å². The van der Waals surface area contributed by atoms with Gasteiger partial charge in [-0.25, -0.2) is 0 Å². The third-order valence-electron chi connectivity index (χ3n) is 6.43. The lowest BCUT2D eigenvalue weighted by Gasteiger charge is -2.45. The highest BCUT2D eigenvalue weighted by Gasteiger charge is 2.61. The molecule has 0 N–H and O–H groups in total. The van der Waals surface area contributed by atoms with Crippen LogP contribution in [0.25, 0.3) is 0 Å². The zero-order valence-corrected chi connectivity index (χ0v) is 14.5. The molecule has 0 radical (unpaired) electrons. The van der Waals surface area contributed by atoms with Crippen LogP contribution in [0.1, 0.15) is 39.8 Å². The van der Waals surface area contributed by atoms with Crippen LogP contribution in [-0.4, -0.2) is 16.7 Å². The average molecular weight is 355 g/mol. The zero-order chi connectivity index (χ0) is 18.1. The van der Waals surface area contributed by atoms with E-state index in [1.54, 1.807) is 18.4 Å². The highest BCUT2D eigenvalue weighted by atomic mass is 16.3. The summed E-state index contributed by atoms with van der Waals surface area (Å²) in [6, 6.07) is 20.2.